The van der Waals surface area contributed by atoms with Gasteiger partial charge in [-0.15, -0.1) is 0 Å². The Morgan fingerprint density at radius 3 is 2.00 bits per heavy atom. The molecule has 2 N–H and O–H groups in total. The summed E-state index contributed by atoms with van der Waals surface area (Å²) in [6, 6.07) is 22.8. The Morgan fingerprint density at radius 1 is 0.875 bits per heavy atom. The molecule has 0 saturated carbocycles. The topological polar surface area (TPSA) is 57.2 Å². The number of nitrogens with zero attached hydrogens (tertiary/aromatic N) is 1. The van der Waals surface area contributed by atoms with Crippen LogP contribution in [0.25, 0.3) is 0 Å². The molecule has 5 heteroatoms. The zero-order chi connectivity index (χ0) is 16.8. The van der Waals surface area contributed by atoms with Gasteiger partial charge in [-0.1, -0.05) is 72.9 Å². The fraction of sp³-hybridized carbons (Fsp3) is 0. The second-order valence-electron chi connectivity index (χ2n) is 5.05. The molecule has 0 unspecified atom stereocenters. The van der Waals surface area contributed by atoms with Gasteiger partial charge < -0.3 is 4.98 Å². The van der Waals surface area contributed by atoms with Crippen LogP contribution in [0.15, 0.2) is 84.1 Å². The van der Waals surface area contributed by atoms with Crippen molar-refractivity contribution >= 4 is 23.8 Å². The molecule has 3 aromatic rings. The molecular weight excluding hydrogens is 318 g/mol. The van der Waals surface area contributed by atoms with Crippen LogP contribution in [0.5, 0.6) is 0 Å². The van der Waals surface area contributed by atoms with E-state index in [4.69, 9.17) is 12.2 Å². The molecule has 0 aliphatic heterocycles. The number of hydrogen-bond acceptors (Lipinski definition) is 3. The minimum Gasteiger partial charge on any atom is -0.352 e. The number of hydrazone groups is 1. The average Bonchev–Trinajstić information content (AvgIpc) is 2.64. The molecule has 1 heterocycles. The van der Waals surface area contributed by atoms with Crippen LogP contribution in [-0.2, 0) is 0 Å². The highest BCUT2D eigenvalue weighted by atomic mass is 32.1. The van der Waals surface area contributed by atoms with E-state index < -0.39 is 0 Å². The minimum atomic E-state index is -0.346. The normalized spacial score (nSPS) is 10.0. The predicted octanol–water partition coefficient (Wildman–Crippen LogP) is 3.93. The molecule has 1 aromatic heterocycles. The third-order valence-corrected chi connectivity index (χ3v) is 3.76. The molecule has 3 rings (SSSR count). The minimum absolute atomic E-state index is 0.346. The fourth-order valence-electron chi connectivity index (χ4n) is 2.26. The van der Waals surface area contributed by atoms with Gasteiger partial charge in [0.2, 0.25) is 0 Å². The van der Waals surface area contributed by atoms with Crippen molar-refractivity contribution < 1.29 is 4.79 Å². The van der Waals surface area contributed by atoms with Gasteiger partial charge in [0.1, 0.15) is 4.64 Å². The van der Waals surface area contributed by atoms with Crippen LogP contribution in [0, 0.1) is 4.64 Å². The number of rotatable bonds is 4. The third kappa shape index (κ3) is 3.64. The molecule has 0 bridgehead atoms. The number of amides is 1. The maximum atomic E-state index is 12.3. The first kappa shape index (κ1) is 15.8. The summed E-state index contributed by atoms with van der Waals surface area (Å²) in [5.41, 5.74) is 5.51. The maximum absolute atomic E-state index is 12.3. The first-order valence-electron chi connectivity index (χ1n) is 7.42. The number of benzene rings is 2. The number of aromatic amines is 1. The Morgan fingerprint density at radius 2 is 1.46 bits per heavy atom. The van der Waals surface area contributed by atoms with Gasteiger partial charge in [0.05, 0.1) is 11.3 Å². The van der Waals surface area contributed by atoms with Gasteiger partial charge in [-0.25, -0.2) is 5.43 Å². The Hall–Kier alpha value is -3.05. The van der Waals surface area contributed by atoms with Crippen LogP contribution in [0.3, 0.4) is 0 Å². The van der Waals surface area contributed by atoms with Crippen LogP contribution in [-0.4, -0.2) is 16.6 Å². The summed E-state index contributed by atoms with van der Waals surface area (Å²) in [4.78, 5) is 15.2. The molecule has 0 saturated heterocycles. The highest BCUT2D eigenvalue weighted by molar-refractivity contribution is 7.71. The lowest BCUT2D eigenvalue weighted by atomic mass is 10.0. The number of pyridine rings is 1. The van der Waals surface area contributed by atoms with Crippen LogP contribution in [0.4, 0.5) is 0 Å². The first-order chi connectivity index (χ1) is 11.8. The number of nitrogens with one attached hydrogen (secondary N) is 2. The van der Waals surface area contributed by atoms with Crippen molar-refractivity contribution in [2.45, 2.75) is 0 Å². The molecule has 118 valence electrons. The van der Waals surface area contributed by atoms with Crippen molar-refractivity contribution in [2.24, 2.45) is 5.10 Å². The van der Waals surface area contributed by atoms with Crippen LogP contribution in [0.2, 0.25) is 0 Å². The van der Waals surface area contributed by atoms with E-state index >= 15 is 0 Å². The highest BCUT2D eigenvalue weighted by Crippen LogP contribution is 2.10. The Balaban J connectivity index is 1.95. The summed E-state index contributed by atoms with van der Waals surface area (Å²) in [7, 11) is 0. The van der Waals surface area contributed by atoms with Gasteiger partial charge in [0.15, 0.2) is 0 Å². The van der Waals surface area contributed by atoms with Gasteiger partial charge in [0, 0.05) is 17.3 Å². The standard InChI is InChI=1S/C19H15N3OS/c23-18(16-12-7-13-20-19(16)24)22-21-17(14-8-3-1-4-9-14)15-10-5-2-6-11-15/h1-13H,(H,20,24)(H,22,23). The molecule has 0 aliphatic rings. The maximum Gasteiger partial charge on any atom is 0.274 e. The van der Waals surface area contributed by atoms with Gasteiger partial charge in [-0.3, -0.25) is 4.79 Å². The second-order valence-corrected chi connectivity index (χ2v) is 5.45. The molecule has 2 aromatic carbocycles. The van der Waals surface area contributed by atoms with E-state index in [-0.39, 0.29) is 5.91 Å². The Labute approximate surface area is 144 Å². The molecule has 0 spiro atoms. The van der Waals surface area contributed by atoms with E-state index in [0.717, 1.165) is 11.1 Å². The molecule has 0 fully saturated rings. The summed E-state index contributed by atoms with van der Waals surface area (Å²) in [6.45, 7) is 0. The van der Waals surface area contributed by atoms with Crippen molar-refractivity contribution in [2.75, 3.05) is 0 Å². The third-order valence-electron chi connectivity index (χ3n) is 3.43. The summed E-state index contributed by atoms with van der Waals surface area (Å²) >= 11 is 5.13. The monoisotopic (exact) mass is 333 g/mol. The zero-order valence-electron chi connectivity index (χ0n) is 12.8. The van der Waals surface area contributed by atoms with Gasteiger partial charge in [-0.05, 0) is 12.1 Å². The Bertz CT molecular complexity index is 876. The molecule has 0 atom stereocenters. The summed E-state index contributed by atoms with van der Waals surface area (Å²) in [5.74, 6) is -0.346. The van der Waals surface area contributed by atoms with Crippen molar-refractivity contribution in [1.29, 1.82) is 0 Å². The number of hydrogen-bond donors (Lipinski definition) is 2. The van der Waals surface area contributed by atoms with E-state index in [2.05, 4.69) is 15.5 Å². The lowest BCUT2D eigenvalue weighted by molar-refractivity contribution is 0.0954. The van der Waals surface area contributed by atoms with Crippen LogP contribution >= 0.6 is 12.2 Å². The zero-order valence-corrected chi connectivity index (χ0v) is 13.6. The van der Waals surface area contributed by atoms with Crippen molar-refractivity contribution in [3.05, 3.63) is 100 Å². The van der Waals surface area contributed by atoms with E-state index in [1.54, 1.807) is 18.3 Å². The second kappa shape index (κ2) is 7.48. The predicted molar refractivity (Wildman–Crippen MR) is 97.6 cm³/mol. The quantitative estimate of drug-likeness (QED) is 0.432. The van der Waals surface area contributed by atoms with Crippen LogP contribution in [0.1, 0.15) is 21.5 Å². The van der Waals surface area contributed by atoms with Crippen molar-refractivity contribution in [3.8, 4) is 0 Å². The SMILES string of the molecule is O=C(NN=C(c1ccccc1)c1ccccc1)c1ccc[nH]c1=S. The Kier molecular flexibility index (Phi) is 4.93. The number of carbonyl (C=O) groups is 1. The average molecular weight is 333 g/mol. The molecule has 0 radical (unpaired) electrons. The largest absolute Gasteiger partial charge is 0.352 e. The highest BCUT2D eigenvalue weighted by Gasteiger charge is 2.10. The van der Waals surface area contributed by atoms with Crippen molar-refractivity contribution in [3.63, 3.8) is 0 Å². The number of H-pyrrole nitrogens is 1. The fourth-order valence-corrected chi connectivity index (χ4v) is 2.48. The van der Waals surface area contributed by atoms with Gasteiger partial charge in [-0.2, -0.15) is 5.10 Å². The van der Waals surface area contributed by atoms with E-state index in [9.17, 15) is 4.79 Å². The number of aromatic nitrogens is 1. The van der Waals surface area contributed by atoms with E-state index in [1.165, 1.54) is 0 Å². The van der Waals surface area contributed by atoms with Crippen LogP contribution < -0.4 is 5.43 Å². The lowest BCUT2D eigenvalue weighted by Crippen LogP contribution is -2.21. The molecule has 0 aliphatic carbocycles. The first-order valence-corrected chi connectivity index (χ1v) is 7.83. The van der Waals surface area contributed by atoms with E-state index in [1.807, 2.05) is 60.7 Å². The lowest BCUT2D eigenvalue weighted by Gasteiger charge is -2.08. The van der Waals surface area contributed by atoms with E-state index in [0.29, 0.717) is 15.9 Å². The number of carbonyl (C=O) groups excluding carboxylic acids is 1. The summed E-state index contributed by atoms with van der Waals surface area (Å²) in [6.07, 6.45) is 1.68. The van der Waals surface area contributed by atoms with Gasteiger partial charge >= 0.3 is 0 Å². The van der Waals surface area contributed by atoms with Gasteiger partial charge in [0.25, 0.3) is 5.91 Å². The smallest absolute Gasteiger partial charge is 0.274 e. The molecule has 1 amide bonds. The molecular formula is C19H15N3OS. The van der Waals surface area contributed by atoms with Crippen molar-refractivity contribution in [1.82, 2.24) is 10.4 Å². The molecule has 4 nitrogen and oxygen atoms in total. The molecule has 24 heavy (non-hydrogen) atoms. The summed E-state index contributed by atoms with van der Waals surface area (Å²) in [5, 5.41) is 4.34. The summed E-state index contributed by atoms with van der Waals surface area (Å²) < 4.78 is 0.381.